The Morgan fingerprint density at radius 2 is 1.37 bits per heavy atom. The Balaban J connectivity index is 1.72. The normalized spacial score (nSPS) is 13.5. The Hall–Kier alpha value is -3.62. The van der Waals surface area contributed by atoms with Gasteiger partial charge in [-0.25, -0.2) is 0 Å². The predicted octanol–water partition coefficient (Wildman–Crippen LogP) is 4.96. The van der Waals surface area contributed by atoms with Crippen LogP contribution in [0.2, 0.25) is 0 Å². The van der Waals surface area contributed by atoms with Gasteiger partial charge in [-0.3, -0.25) is 0 Å². The fraction of sp³-hybridized carbons (Fsp3) is 0. The maximum absolute atomic E-state index is 5.07. The number of aromatic nitrogens is 4. The second-order valence-electron chi connectivity index (χ2n) is 8.51. The van der Waals surface area contributed by atoms with Gasteiger partial charge in [0.25, 0.3) is 0 Å². The molecule has 0 amide bonds. The van der Waals surface area contributed by atoms with E-state index in [1.807, 2.05) is 36.9 Å². The third-order valence-corrected chi connectivity index (χ3v) is 13.5. The molecule has 166 valence electrons. The van der Waals surface area contributed by atoms with Gasteiger partial charge in [0.15, 0.2) is 0 Å². The zero-order chi connectivity index (χ0) is 23.4. The first-order chi connectivity index (χ1) is 17.3. The number of hydrogen-bond donors (Lipinski definition) is 0. The van der Waals surface area contributed by atoms with Crippen LogP contribution in [0.15, 0.2) is 116 Å². The van der Waals surface area contributed by atoms with Crippen molar-refractivity contribution >= 4 is 74.9 Å². The van der Waals surface area contributed by atoms with E-state index in [0.717, 1.165) is 27.6 Å². The first kappa shape index (κ1) is 20.7. The minimum absolute atomic E-state index is 0.931. The van der Waals surface area contributed by atoms with Crippen molar-refractivity contribution < 1.29 is 0 Å². The average molecular weight is 533 g/mol. The summed E-state index contributed by atoms with van der Waals surface area (Å²) in [4.78, 5) is 14.4. The number of rotatable bonds is 3. The van der Waals surface area contributed by atoms with Crippen molar-refractivity contribution in [1.29, 1.82) is 0 Å². The van der Waals surface area contributed by atoms with Crippen LogP contribution in [-0.2, 0) is 0 Å². The number of pyridine rings is 3. The van der Waals surface area contributed by atoms with E-state index >= 15 is 0 Å². The SMILES string of the molecule is [Se]=P(c1ccccc1)(c1cccnc1)c1cncc2c1c1ccccc1n1c3ccccc3nc21. The van der Waals surface area contributed by atoms with Gasteiger partial charge in [0.05, 0.1) is 0 Å². The molecule has 0 saturated carbocycles. The second kappa shape index (κ2) is 7.96. The quantitative estimate of drug-likeness (QED) is 0.183. The second-order valence-corrected chi connectivity index (χ2v) is 14.7. The third kappa shape index (κ3) is 3.00. The molecule has 4 aromatic heterocycles. The van der Waals surface area contributed by atoms with Crippen LogP contribution >= 0.6 is 5.51 Å². The van der Waals surface area contributed by atoms with Gasteiger partial charge in [-0.15, -0.1) is 0 Å². The van der Waals surface area contributed by atoms with Crippen molar-refractivity contribution in [3.8, 4) is 0 Å². The molecule has 1 unspecified atom stereocenters. The summed E-state index contributed by atoms with van der Waals surface area (Å²) in [5.74, 6) is 0. The Morgan fingerprint density at radius 3 is 2.20 bits per heavy atom. The molecule has 0 aliphatic heterocycles. The van der Waals surface area contributed by atoms with Crippen molar-refractivity contribution in [2.45, 2.75) is 0 Å². The van der Waals surface area contributed by atoms with E-state index in [4.69, 9.17) is 9.97 Å². The molecule has 7 rings (SSSR count). The van der Waals surface area contributed by atoms with Crippen LogP contribution in [0.4, 0.5) is 0 Å². The molecule has 0 aliphatic carbocycles. The number of hydrogen-bond acceptors (Lipinski definition) is 3. The van der Waals surface area contributed by atoms with Crippen LogP contribution in [0.3, 0.4) is 0 Å². The molecule has 0 N–H and O–H groups in total. The molecule has 3 aromatic carbocycles. The Labute approximate surface area is 209 Å². The van der Waals surface area contributed by atoms with Crippen LogP contribution in [0.5, 0.6) is 0 Å². The zero-order valence-corrected chi connectivity index (χ0v) is 21.2. The molecule has 4 heterocycles. The van der Waals surface area contributed by atoms with Crippen molar-refractivity contribution in [3.05, 3.63) is 116 Å². The van der Waals surface area contributed by atoms with Gasteiger partial charge in [-0.05, 0) is 0 Å². The van der Waals surface area contributed by atoms with E-state index in [1.165, 1.54) is 26.7 Å². The number of para-hydroxylation sites is 3. The van der Waals surface area contributed by atoms with Gasteiger partial charge in [-0.1, -0.05) is 0 Å². The van der Waals surface area contributed by atoms with E-state index in [2.05, 4.69) is 103 Å². The fourth-order valence-electron chi connectivity index (χ4n) is 5.08. The Bertz CT molecular complexity index is 1890. The van der Waals surface area contributed by atoms with Crippen molar-refractivity contribution in [2.24, 2.45) is 0 Å². The monoisotopic (exact) mass is 534 g/mol. The topological polar surface area (TPSA) is 43.1 Å². The molecule has 0 radical (unpaired) electrons. The average Bonchev–Trinajstić information content (AvgIpc) is 3.33. The molecule has 0 fully saturated rings. The predicted molar refractivity (Wildman–Crippen MR) is 148 cm³/mol. The number of nitrogens with zero attached hydrogens (tertiary/aromatic N) is 4. The molecule has 7 aromatic rings. The van der Waals surface area contributed by atoms with E-state index < -0.39 is 5.51 Å². The van der Waals surface area contributed by atoms with Gasteiger partial charge in [0.1, 0.15) is 0 Å². The molecule has 0 saturated heterocycles. The van der Waals surface area contributed by atoms with E-state index in [0.29, 0.717) is 0 Å². The van der Waals surface area contributed by atoms with Crippen LogP contribution in [-0.4, -0.2) is 34.5 Å². The number of benzene rings is 3. The molecule has 4 nitrogen and oxygen atoms in total. The Kier molecular flexibility index (Phi) is 4.72. The van der Waals surface area contributed by atoms with E-state index in [-0.39, 0.29) is 0 Å². The molecule has 0 spiro atoms. The van der Waals surface area contributed by atoms with Gasteiger partial charge in [0.2, 0.25) is 0 Å². The molecule has 6 heteroatoms. The summed E-state index contributed by atoms with van der Waals surface area (Å²) in [6, 6.07) is 31.8. The molecule has 0 bridgehead atoms. The first-order valence-electron chi connectivity index (χ1n) is 11.4. The molecular weight excluding hydrogens is 514 g/mol. The van der Waals surface area contributed by atoms with E-state index in [1.54, 1.807) is 0 Å². The number of imidazole rings is 1. The molecule has 35 heavy (non-hydrogen) atoms. The fourth-order valence-corrected chi connectivity index (χ4v) is 10.2. The van der Waals surface area contributed by atoms with Crippen LogP contribution in [0, 0.1) is 0 Å². The summed E-state index contributed by atoms with van der Waals surface area (Å²) in [5.41, 5.74) is 1.98. The van der Waals surface area contributed by atoms with Crippen LogP contribution < -0.4 is 15.9 Å². The van der Waals surface area contributed by atoms with Crippen molar-refractivity contribution in [1.82, 2.24) is 19.4 Å². The molecule has 0 aliphatic rings. The summed E-state index contributed by atoms with van der Waals surface area (Å²) < 4.78 is 2.27. The maximum atomic E-state index is 5.07. The minimum atomic E-state index is -2.18. The van der Waals surface area contributed by atoms with Crippen molar-refractivity contribution in [2.75, 3.05) is 0 Å². The molecule has 1 atom stereocenters. The first-order valence-corrected chi connectivity index (χ1v) is 15.4. The van der Waals surface area contributed by atoms with Crippen LogP contribution in [0.25, 0.3) is 38.4 Å². The summed E-state index contributed by atoms with van der Waals surface area (Å²) in [7, 11) is 0. The van der Waals surface area contributed by atoms with Gasteiger partial charge in [-0.2, -0.15) is 0 Å². The standard InChI is InChI=1S/C29H19N4PSe/c35-34(20-9-2-1-3-10-20,21-11-8-16-30-17-21)27-19-31-18-23-28(27)22-12-4-6-14-25(22)33-26-15-7-5-13-24(26)32-29(23)33/h1-19H. The summed E-state index contributed by atoms with van der Waals surface area (Å²) in [6.07, 6.45) is 7.82. The van der Waals surface area contributed by atoms with E-state index in [9.17, 15) is 0 Å². The molecular formula is C29H19N4PSe. The Morgan fingerprint density at radius 1 is 0.629 bits per heavy atom. The summed E-state index contributed by atoms with van der Waals surface area (Å²) >= 11 is 3.67. The van der Waals surface area contributed by atoms with Gasteiger partial charge >= 0.3 is 210 Å². The zero-order valence-electron chi connectivity index (χ0n) is 18.6. The van der Waals surface area contributed by atoms with Crippen molar-refractivity contribution in [3.63, 3.8) is 0 Å². The third-order valence-electron chi connectivity index (χ3n) is 6.61. The summed E-state index contributed by atoms with van der Waals surface area (Å²) in [6.45, 7) is 0. The number of fused-ring (bicyclic) bond motifs is 8. The van der Waals surface area contributed by atoms with Gasteiger partial charge < -0.3 is 0 Å². The van der Waals surface area contributed by atoms with Crippen LogP contribution in [0.1, 0.15) is 0 Å². The van der Waals surface area contributed by atoms with Gasteiger partial charge in [0, 0.05) is 0 Å². The summed E-state index contributed by atoms with van der Waals surface area (Å²) in [5, 5.41) is 7.06.